The lowest BCUT2D eigenvalue weighted by Crippen LogP contribution is -2.57. The Labute approximate surface area is 191 Å². The molecule has 0 saturated heterocycles. The molecule has 0 aromatic heterocycles. The highest BCUT2D eigenvalue weighted by Crippen LogP contribution is 2.89. The maximum absolute atomic E-state index is 10.8. The third-order valence-electron chi connectivity index (χ3n) is 12.6. The smallest absolute Gasteiger partial charge is 0.0771 e. The van der Waals surface area contributed by atoms with Crippen LogP contribution in [0, 0.1) is 50.7 Å². The van der Waals surface area contributed by atoms with Crippen molar-refractivity contribution in [3.8, 4) is 0 Å². The van der Waals surface area contributed by atoms with Gasteiger partial charge in [0.2, 0.25) is 0 Å². The van der Waals surface area contributed by atoms with E-state index in [-0.39, 0.29) is 11.5 Å². The molecule has 0 unspecified atom stereocenters. The van der Waals surface area contributed by atoms with Gasteiger partial charge in [0, 0.05) is 0 Å². The first-order chi connectivity index (χ1) is 14.2. The van der Waals surface area contributed by atoms with Gasteiger partial charge in [-0.2, -0.15) is 0 Å². The van der Waals surface area contributed by atoms with Crippen LogP contribution in [0.3, 0.4) is 0 Å². The average Bonchev–Trinajstić information content (AvgIpc) is 3.26. The van der Waals surface area contributed by atoms with Crippen LogP contribution < -0.4 is 0 Å². The zero-order chi connectivity index (χ0) is 22.7. The third-order valence-corrected chi connectivity index (χ3v) is 12.6. The van der Waals surface area contributed by atoms with Gasteiger partial charge in [0.15, 0.2) is 0 Å². The molecule has 2 heteroatoms. The van der Waals surface area contributed by atoms with E-state index >= 15 is 0 Å². The molecule has 5 fully saturated rings. The van der Waals surface area contributed by atoms with E-state index in [2.05, 4.69) is 40.7 Å². The third kappa shape index (κ3) is 2.70. The van der Waals surface area contributed by atoms with Crippen molar-refractivity contribution in [3.63, 3.8) is 0 Å². The molecular weight excluding hydrogens is 380 g/mol. The molecule has 0 amide bonds. The van der Waals surface area contributed by atoms with E-state index < -0.39 is 5.60 Å². The van der Waals surface area contributed by atoms with Crippen molar-refractivity contribution in [3.05, 3.63) is 12.2 Å². The Balaban J connectivity index is 1.45. The van der Waals surface area contributed by atoms with E-state index in [1.807, 2.05) is 19.9 Å². The lowest BCUT2D eigenvalue weighted by atomic mass is 9.42. The second kappa shape index (κ2) is 6.41. The first-order valence-electron chi connectivity index (χ1n) is 13.3. The van der Waals surface area contributed by atoms with E-state index in [4.69, 9.17) is 0 Å². The van der Waals surface area contributed by atoms with Crippen molar-refractivity contribution in [1.82, 2.24) is 0 Å². The molecule has 2 N–H and O–H groups in total. The Morgan fingerprint density at radius 1 is 0.839 bits per heavy atom. The second-order valence-corrected chi connectivity index (χ2v) is 14.4. The van der Waals surface area contributed by atoms with Crippen LogP contribution in [-0.4, -0.2) is 21.9 Å². The van der Waals surface area contributed by atoms with Gasteiger partial charge in [0.05, 0.1) is 11.7 Å². The van der Waals surface area contributed by atoms with Crippen LogP contribution in [0.2, 0.25) is 0 Å². The van der Waals surface area contributed by atoms with Gasteiger partial charge in [-0.1, -0.05) is 46.8 Å². The van der Waals surface area contributed by atoms with Crippen molar-refractivity contribution < 1.29 is 10.2 Å². The summed E-state index contributed by atoms with van der Waals surface area (Å²) in [7, 11) is 0. The molecule has 176 valence electrons. The van der Waals surface area contributed by atoms with E-state index in [9.17, 15) is 10.2 Å². The molecule has 5 aliphatic rings. The van der Waals surface area contributed by atoms with Gasteiger partial charge in [0.1, 0.15) is 0 Å². The summed E-state index contributed by atoms with van der Waals surface area (Å²) < 4.78 is 0. The van der Waals surface area contributed by atoms with Crippen LogP contribution in [0.15, 0.2) is 12.2 Å². The van der Waals surface area contributed by atoms with Crippen LogP contribution in [0.5, 0.6) is 0 Å². The van der Waals surface area contributed by atoms with Crippen LogP contribution in [0.1, 0.15) is 106 Å². The number of allylic oxidation sites excluding steroid dienone is 1. The Bertz CT molecular complexity index is 776. The van der Waals surface area contributed by atoms with Gasteiger partial charge in [0.25, 0.3) is 0 Å². The molecule has 0 aliphatic heterocycles. The van der Waals surface area contributed by atoms with E-state index in [1.54, 1.807) is 0 Å². The van der Waals surface area contributed by atoms with Crippen molar-refractivity contribution in [2.75, 3.05) is 0 Å². The Morgan fingerprint density at radius 3 is 2.16 bits per heavy atom. The normalized spacial score (nSPS) is 54.0. The van der Waals surface area contributed by atoms with Crippen molar-refractivity contribution in [2.24, 2.45) is 50.7 Å². The highest BCUT2D eigenvalue weighted by Gasteiger charge is 2.82. The van der Waals surface area contributed by atoms with Crippen molar-refractivity contribution >= 4 is 0 Å². The zero-order valence-corrected chi connectivity index (χ0v) is 21.3. The van der Waals surface area contributed by atoms with E-state index in [0.717, 1.165) is 24.2 Å². The topological polar surface area (TPSA) is 40.5 Å². The summed E-state index contributed by atoms with van der Waals surface area (Å²) in [6.45, 7) is 16.2. The largest absolute Gasteiger partial charge is 0.393 e. The quantitative estimate of drug-likeness (QED) is 0.488. The highest BCUT2D eigenvalue weighted by molar-refractivity contribution is 5.30. The van der Waals surface area contributed by atoms with Crippen molar-refractivity contribution in [2.45, 2.75) is 118 Å². The molecule has 5 rings (SSSR count). The van der Waals surface area contributed by atoms with Gasteiger partial charge < -0.3 is 10.2 Å². The minimum Gasteiger partial charge on any atom is -0.393 e. The first-order valence-corrected chi connectivity index (χ1v) is 13.3. The van der Waals surface area contributed by atoms with Crippen molar-refractivity contribution in [1.29, 1.82) is 0 Å². The van der Waals surface area contributed by atoms with Gasteiger partial charge in [-0.3, -0.25) is 0 Å². The second-order valence-electron chi connectivity index (χ2n) is 14.4. The summed E-state index contributed by atoms with van der Waals surface area (Å²) in [4.78, 5) is 0. The fourth-order valence-electron chi connectivity index (χ4n) is 10.8. The summed E-state index contributed by atoms with van der Waals surface area (Å²) in [6.07, 6.45) is 16.2. The molecular formula is C29H48O2. The van der Waals surface area contributed by atoms with Crippen LogP contribution in [0.25, 0.3) is 0 Å². The Kier molecular flexibility index (Phi) is 4.64. The number of fused-ring (bicyclic) bond motifs is 2. The van der Waals surface area contributed by atoms with Gasteiger partial charge in [-0.05, 0) is 122 Å². The predicted molar refractivity (Wildman–Crippen MR) is 127 cm³/mol. The van der Waals surface area contributed by atoms with Gasteiger partial charge >= 0.3 is 0 Å². The summed E-state index contributed by atoms with van der Waals surface area (Å²) in [5.41, 5.74) is 1.33. The first kappa shape index (κ1) is 22.5. The van der Waals surface area contributed by atoms with Gasteiger partial charge in [-0.15, -0.1) is 0 Å². The summed E-state index contributed by atoms with van der Waals surface area (Å²) in [5.74, 6) is 2.85. The fourth-order valence-corrected chi connectivity index (χ4v) is 10.8. The summed E-state index contributed by atoms with van der Waals surface area (Å²) >= 11 is 0. The molecule has 2 nitrogen and oxygen atoms in total. The predicted octanol–water partition coefficient (Wildman–Crippen LogP) is 6.75. The van der Waals surface area contributed by atoms with E-state index in [1.165, 1.54) is 51.4 Å². The number of aliphatic hydroxyl groups is 2. The molecule has 0 radical (unpaired) electrons. The highest BCUT2D eigenvalue weighted by atomic mass is 16.3. The molecule has 0 aromatic carbocycles. The maximum Gasteiger partial charge on any atom is 0.0771 e. The molecule has 31 heavy (non-hydrogen) atoms. The lowest BCUT2D eigenvalue weighted by Gasteiger charge is -2.63. The number of hydrogen-bond acceptors (Lipinski definition) is 2. The SMILES string of the molecule is C[C@H](/C=C/C(C)(C)O)[C@H]1CC[C@@]2(C)[C@@H]3CC[C@H]4C(C)(C)[C@@H](O)CC[C@@]45C[C@@]35CC[C@]12C. The minimum absolute atomic E-state index is 0.0863. The molecule has 0 aromatic rings. The molecule has 5 saturated carbocycles. The maximum atomic E-state index is 10.8. The van der Waals surface area contributed by atoms with E-state index in [0.29, 0.717) is 27.6 Å². The van der Waals surface area contributed by atoms with Gasteiger partial charge in [-0.25, -0.2) is 0 Å². The monoisotopic (exact) mass is 428 g/mol. The Morgan fingerprint density at radius 2 is 1.48 bits per heavy atom. The molecule has 5 aliphatic carbocycles. The Hall–Kier alpha value is -0.340. The van der Waals surface area contributed by atoms with Crippen LogP contribution >= 0.6 is 0 Å². The number of rotatable bonds is 3. The molecule has 9 atom stereocenters. The summed E-state index contributed by atoms with van der Waals surface area (Å²) in [6, 6.07) is 0. The molecule has 2 spiro atoms. The van der Waals surface area contributed by atoms with Crippen LogP contribution in [-0.2, 0) is 0 Å². The number of hydrogen-bond donors (Lipinski definition) is 2. The number of aliphatic hydroxyl groups excluding tert-OH is 1. The standard InChI is InChI=1S/C29H48O2/c1-19(10-13-24(2,3)31)20-11-14-27(7)22-9-8-21-25(4,5)23(30)12-15-28(21)18-29(22,28)17-16-26(20,27)6/h10,13,19-23,30-31H,8-9,11-12,14-18H2,1-7H3/b13-10+/t19-,20-,21+,22+,23+,26-,27+,28-,29+/m1/s1. The van der Waals surface area contributed by atoms with Crippen LogP contribution in [0.4, 0.5) is 0 Å². The zero-order valence-electron chi connectivity index (χ0n) is 21.3. The summed E-state index contributed by atoms with van der Waals surface area (Å²) in [5, 5.41) is 21.0. The average molecular weight is 429 g/mol. The minimum atomic E-state index is -0.717. The fraction of sp³-hybridized carbons (Fsp3) is 0.931. The molecule has 0 bridgehead atoms. The molecule has 0 heterocycles. The lowest BCUT2D eigenvalue weighted by molar-refractivity contribution is -0.160.